The van der Waals surface area contributed by atoms with E-state index >= 15 is 0 Å². The molecule has 2 heterocycles. The van der Waals surface area contributed by atoms with Crippen molar-refractivity contribution >= 4 is 43.2 Å². The lowest BCUT2D eigenvalue weighted by Gasteiger charge is -2.17. The fourth-order valence-electron chi connectivity index (χ4n) is 1.85. The Bertz CT molecular complexity index is 506. The summed E-state index contributed by atoms with van der Waals surface area (Å²) in [5, 5.41) is 3.49. The van der Waals surface area contributed by atoms with Crippen molar-refractivity contribution in [1.29, 1.82) is 0 Å². The van der Waals surface area contributed by atoms with E-state index in [0.717, 1.165) is 20.6 Å². The molecule has 0 fully saturated rings. The van der Waals surface area contributed by atoms with Crippen LogP contribution in [0.2, 0.25) is 0 Å². The predicted octanol–water partition coefficient (Wildman–Crippen LogP) is 4.87. The molecule has 2 aromatic rings. The third-order valence-electron chi connectivity index (χ3n) is 2.60. The molecule has 92 valence electrons. The van der Waals surface area contributed by atoms with Crippen LogP contribution < -0.4 is 5.32 Å². The van der Waals surface area contributed by atoms with Crippen molar-refractivity contribution in [2.75, 3.05) is 6.54 Å². The Morgan fingerprint density at radius 1 is 1.41 bits per heavy atom. The Morgan fingerprint density at radius 3 is 2.65 bits per heavy atom. The fraction of sp³-hybridized carbons (Fsp3) is 0.333. The second-order valence-corrected chi connectivity index (χ2v) is 7.06. The number of nitrogens with one attached hydrogen (secondary N) is 1. The van der Waals surface area contributed by atoms with E-state index in [0.29, 0.717) is 0 Å². The van der Waals surface area contributed by atoms with Crippen LogP contribution in [-0.4, -0.2) is 6.54 Å². The minimum absolute atomic E-state index is 0.177. The van der Waals surface area contributed by atoms with Crippen LogP contribution in [0.25, 0.3) is 0 Å². The third kappa shape index (κ3) is 2.84. The summed E-state index contributed by atoms with van der Waals surface area (Å²) in [7, 11) is 0. The third-order valence-corrected chi connectivity index (χ3v) is 4.82. The minimum atomic E-state index is 0.177. The number of thiophene rings is 1. The summed E-state index contributed by atoms with van der Waals surface area (Å²) in [6.45, 7) is 5.16. The predicted molar refractivity (Wildman–Crippen MR) is 78.7 cm³/mol. The van der Waals surface area contributed by atoms with Crippen molar-refractivity contribution < 1.29 is 4.42 Å². The first-order valence-electron chi connectivity index (χ1n) is 5.35. The lowest BCUT2D eigenvalue weighted by molar-refractivity contribution is 0.526. The van der Waals surface area contributed by atoms with Gasteiger partial charge in [0.05, 0.1) is 16.1 Å². The first-order chi connectivity index (χ1) is 8.13. The number of halogens is 2. The smallest absolute Gasteiger partial charge is 0.174 e. The van der Waals surface area contributed by atoms with E-state index < -0.39 is 0 Å². The van der Waals surface area contributed by atoms with Gasteiger partial charge in [-0.15, -0.1) is 11.3 Å². The molecule has 0 aliphatic rings. The van der Waals surface area contributed by atoms with Crippen molar-refractivity contribution in [1.82, 2.24) is 5.32 Å². The fourth-order valence-corrected chi connectivity index (χ4v) is 4.06. The summed E-state index contributed by atoms with van der Waals surface area (Å²) in [4.78, 5) is 1.32. The molecule has 0 bridgehead atoms. The Kier molecular flexibility index (Phi) is 4.47. The standard InChI is InChI=1S/C12H13Br2NOS/c1-3-15-11(8-4-5-16-12(8)14)9-6-10(13)17-7(9)2/h4-6,11,15H,3H2,1-2H3. The highest BCUT2D eigenvalue weighted by Gasteiger charge is 2.21. The highest BCUT2D eigenvalue weighted by molar-refractivity contribution is 9.11. The molecule has 0 aromatic carbocycles. The van der Waals surface area contributed by atoms with Gasteiger partial charge in [0.25, 0.3) is 0 Å². The van der Waals surface area contributed by atoms with Crippen molar-refractivity contribution in [3.8, 4) is 0 Å². The average molecular weight is 379 g/mol. The summed E-state index contributed by atoms with van der Waals surface area (Å²) in [6, 6.07) is 4.35. The quantitative estimate of drug-likeness (QED) is 0.820. The van der Waals surface area contributed by atoms with E-state index in [9.17, 15) is 0 Å². The van der Waals surface area contributed by atoms with Gasteiger partial charge in [-0.1, -0.05) is 6.92 Å². The summed E-state index contributed by atoms with van der Waals surface area (Å²) in [6.07, 6.45) is 1.71. The summed E-state index contributed by atoms with van der Waals surface area (Å²) >= 11 is 8.75. The van der Waals surface area contributed by atoms with Crippen LogP contribution in [0, 0.1) is 6.92 Å². The first-order valence-corrected chi connectivity index (χ1v) is 7.75. The first kappa shape index (κ1) is 13.3. The largest absolute Gasteiger partial charge is 0.457 e. The second kappa shape index (κ2) is 5.69. The van der Waals surface area contributed by atoms with Crippen LogP contribution in [0.15, 0.2) is 31.3 Å². The number of rotatable bonds is 4. The molecular weight excluding hydrogens is 366 g/mol. The SMILES string of the molecule is CCNC(c1ccoc1Br)c1cc(Br)sc1C. The summed E-state index contributed by atoms with van der Waals surface area (Å²) in [5.41, 5.74) is 2.44. The van der Waals surface area contributed by atoms with Crippen LogP contribution in [0.1, 0.15) is 29.0 Å². The zero-order valence-electron chi connectivity index (χ0n) is 9.59. The Hall–Kier alpha value is -0.100. The maximum atomic E-state index is 5.33. The molecular formula is C12H13Br2NOS. The van der Waals surface area contributed by atoms with E-state index in [1.807, 2.05) is 6.07 Å². The highest BCUT2D eigenvalue weighted by Crippen LogP contribution is 2.36. The van der Waals surface area contributed by atoms with E-state index in [1.165, 1.54) is 10.4 Å². The van der Waals surface area contributed by atoms with Crippen LogP contribution in [0.5, 0.6) is 0 Å². The van der Waals surface area contributed by atoms with Gasteiger partial charge in [-0.2, -0.15) is 0 Å². The van der Waals surface area contributed by atoms with Crippen LogP contribution in [-0.2, 0) is 0 Å². The molecule has 2 rings (SSSR count). The molecule has 0 saturated heterocycles. The van der Waals surface area contributed by atoms with Gasteiger partial charge in [0, 0.05) is 10.4 Å². The normalized spacial score (nSPS) is 12.9. The number of hydrogen-bond donors (Lipinski definition) is 1. The van der Waals surface area contributed by atoms with E-state index in [4.69, 9.17) is 4.42 Å². The molecule has 0 aliphatic carbocycles. The van der Waals surface area contributed by atoms with Gasteiger partial charge in [0.15, 0.2) is 4.67 Å². The molecule has 1 atom stereocenters. The summed E-state index contributed by atoms with van der Waals surface area (Å²) < 4.78 is 7.28. The Balaban J connectivity index is 2.42. The molecule has 2 aromatic heterocycles. The lowest BCUT2D eigenvalue weighted by Crippen LogP contribution is -2.22. The molecule has 0 saturated carbocycles. The van der Waals surface area contributed by atoms with E-state index in [1.54, 1.807) is 17.6 Å². The maximum absolute atomic E-state index is 5.33. The molecule has 0 amide bonds. The minimum Gasteiger partial charge on any atom is -0.457 e. The number of furan rings is 1. The Morgan fingerprint density at radius 2 is 2.18 bits per heavy atom. The molecule has 2 nitrogen and oxygen atoms in total. The van der Waals surface area contributed by atoms with Crippen LogP contribution >= 0.6 is 43.2 Å². The van der Waals surface area contributed by atoms with Gasteiger partial charge in [-0.25, -0.2) is 0 Å². The highest BCUT2D eigenvalue weighted by atomic mass is 79.9. The molecule has 1 N–H and O–H groups in total. The number of hydrogen-bond acceptors (Lipinski definition) is 3. The van der Waals surface area contributed by atoms with Gasteiger partial charge in [-0.3, -0.25) is 0 Å². The molecule has 0 aliphatic heterocycles. The van der Waals surface area contributed by atoms with E-state index in [-0.39, 0.29) is 6.04 Å². The van der Waals surface area contributed by atoms with Crippen LogP contribution in [0.4, 0.5) is 0 Å². The maximum Gasteiger partial charge on any atom is 0.174 e. The van der Waals surface area contributed by atoms with Crippen LogP contribution in [0.3, 0.4) is 0 Å². The van der Waals surface area contributed by atoms with Crippen molar-refractivity contribution in [2.24, 2.45) is 0 Å². The van der Waals surface area contributed by atoms with Crippen molar-refractivity contribution in [3.63, 3.8) is 0 Å². The lowest BCUT2D eigenvalue weighted by atomic mass is 10.0. The van der Waals surface area contributed by atoms with Gasteiger partial charge in [0.2, 0.25) is 0 Å². The van der Waals surface area contributed by atoms with Crippen molar-refractivity contribution in [3.05, 3.63) is 42.9 Å². The molecule has 0 radical (unpaired) electrons. The van der Waals surface area contributed by atoms with E-state index in [2.05, 4.69) is 57.1 Å². The van der Waals surface area contributed by atoms with Gasteiger partial charge in [-0.05, 0) is 63.0 Å². The molecule has 1 unspecified atom stereocenters. The molecule has 5 heteroatoms. The Labute approximate surface area is 122 Å². The zero-order valence-corrected chi connectivity index (χ0v) is 13.6. The topological polar surface area (TPSA) is 25.2 Å². The van der Waals surface area contributed by atoms with Gasteiger partial charge < -0.3 is 9.73 Å². The van der Waals surface area contributed by atoms with Crippen molar-refractivity contribution in [2.45, 2.75) is 19.9 Å². The number of aryl methyl sites for hydroxylation is 1. The zero-order chi connectivity index (χ0) is 12.4. The van der Waals surface area contributed by atoms with Gasteiger partial charge in [0.1, 0.15) is 0 Å². The second-order valence-electron chi connectivity index (χ2n) is 3.70. The average Bonchev–Trinajstić information content (AvgIpc) is 2.82. The molecule has 17 heavy (non-hydrogen) atoms. The monoisotopic (exact) mass is 377 g/mol. The summed E-state index contributed by atoms with van der Waals surface area (Å²) in [5.74, 6) is 0. The van der Waals surface area contributed by atoms with Gasteiger partial charge >= 0.3 is 0 Å². The molecule has 0 spiro atoms.